The second kappa shape index (κ2) is 4.96. The Morgan fingerprint density at radius 1 is 1.16 bits per heavy atom. The van der Waals surface area contributed by atoms with E-state index in [-0.39, 0.29) is 0 Å². The fourth-order valence-corrected chi connectivity index (χ4v) is 2.90. The van der Waals surface area contributed by atoms with Gasteiger partial charge in [-0.1, -0.05) is 24.3 Å². The number of rotatable bonds is 2. The molecule has 0 fully saturated rings. The van der Waals surface area contributed by atoms with Crippen LogP contribution in [-0.2, 0) is 6.42 Å². The quantitative estimate of drug-likeness (QED) is 0.786. The van der Waals surface area contributed by atoms with Crippen LogP contribution in [-0.4, -0.2) is 5.11 Å². The van der Waals surface area contributed by atoms with Crippen LogP contribution in [0.1, 0.15) is 35.6 Å². The molecule has 2 aromatic carbocycles. The topological polar surface area (TPSA) is 32.3 Å². The van der Waals surface area contributed by atoms with Gasteiger partial charge in [0, 0.05) is 5.69 Å². The van der Waals surface area contributed by atoms with Crippen molar-refractivity contribution >= 4 is 5.69 Å². The molecule has 0 aromatic heterocycles. The molecule has 0 bridgehead atoms. The van der Waals surface area contributed by atoms with E-state index in [2.05, 4.69) is 29.6 Å². The van der Waals surface area contributed by atoms with Crippen molar-refractivity contribution in [2.45, 2.75) is 32.2 Å². The van der Waals surface area contributed by atoms with E-state index >= 15 is 0 Å². The fourth-order valence-electron chi connectivity index (χ4n) is 2.90. The number of aryl methyl sites for hydroxylation is 2. The minimum Gasteiger partial charge on any atom is -0.508 e. The number of hydrogen-bond donors (Lipinski definition) is 2. The van der Waals surface area contributed by atoms with Gasteiger partial charge in [0.2, 0.25) is 0 Å². The van der Waals surface area contributed by atoms with E-state index in [0.717, 1.165) is 17.7 Å². The van der Waals surface area contributed by atoms with Gasteiger partial charge in [0.15, 0.2) is 0 Å². The Morgan fingerprint density at radius 3 is 2.84 bits per heavy atom. The zero-order chi connectivity index (χ0) is 13.2. The normalized spacial score (nSPS) is 17.8. The first-order valence-corrected chi connectivity index (χ1v) is 6.88. The lowest BCUT2D eigenvalue weighted by Crippen LogP contribution is -2.17. The molecule has 2 N–H and O–H groups in total. The van der Waals surface area contributed by atoms with Crippen LogP contribution < -0.4 is 5.32 Å². The first kappa shape index (κ1) is 12.1. The number of aromatic hydroxyl groups is 1. The Bertz CT molecular complexity index is 592. The lowest BCUT2D eigenvalue weighted by Gasteiger charge is -2.28. The minimum absolute atomic E-state index is 0.326. The molecule has 0 amide bonds. The van der Waals surface area contributed by atoms with E-state index in [0.29, 0.717) is 11.8 Å². The van der Waals surface area contributed by atoms with Crippen LogP contribution >= 0.6 is 0 Å². The molecule has 0 spiro atoms. The number of anilines is 1. The molecule has 2 heteroatoms. The van der Waals surface area contributed by atoms with Gasteiger partial charge in [-0.05, 0) is 61.1 Å². The van der Waals surface area contributed by atoms with Gasteiger partial charge in [-0.3, -0.25) is 0 Å². The van der Waals surface area contributed by atoms with Crippen molar-refractivity contribution in [3.63, 3.8) is 0 Å². The minimum atomic E-state index is 0.326. The van der Waals surface area contributed by atoms with E-state index in [1.165, 1.54) is 24.0 Å². The summed E-state index contributed by atoms with van der Waals surface area (Å²) < 4.78 is 0. The third kappa shape index (κ3) is 2.43. The van der Waals surface area contributed by atoms with Crippen molar-refractivity contribution in [1.82, 2.24) is 0 Å². The molecule has 1 aliphatic rings. The molecule has 0 saturated heterocycles. The molecule has 98 valence electrons. The van der Waals surface area contributed by atoms with Gasteiger partial charge in [0.05, 0.1) is 6.04 Å². The van der Waals surface area contributed by atoms with E-state index in [9.17, 15) is 5.11 Å². The summed E-state index contributed by atoms with van der Waals surface area (Å²) in [5, 5.41) is 13.1. The Balaban J connectivity index is 1.88. The molecule has 0 aliphatic heterocycles. The highest BCUT2D eigenvalue weighted by atomic mass is 16.3. The van der Waals surface area contributed by atoms with Crippen LogP contribution in [0, 0.1) is 6.92 Å². The summed E-state index contributed by atoms with van der Waals surface area (Å²) >= 11 is 0. The number of phenols is 1. The summed E-state index contributed by atoms with van der Waals surface area (Å²) in [6.45, 7) is 2.02. The van der Waals surface area contributed by atoms with E-state index < -0.39 is 0 Å². The number of fused-ring (bicyclic) bond motifs is 1. The molecular weight excluding hydrogens is 234 g/mol. The SMILES string of the molecule is Cc1cc(O)ccc1NC1CCCc2ccccc21. The molecule has 0 radical (unpaired) electrons. The molecular formula is C17H19NO. The number of hydrogen-bond acceptors (Lipinski definition) is 2. The third-order valence-corrected chi connectivity index (χ3v) is 3.91. The predicted molar refractivity (Wildman–Crippen MR) is 78.6 cm³/mol. The maximum atomic E-state index is 9.47. The fraction of sp³-hybridized carbons (Fsp3) is 0.294. The van der Waals surface area contributed by atoms with Crippen LogP contribution in [0.2, 0.25) is 0 Å². The Morgan fingerprint density at radius 2 is 2.00 bits per heavy atom. The van der Waals surface area contributed by atoms with Crippen LogP contribution in [0.5, 0.6) is 5.75 Å². The Kier molecular flexibility index (Phi) is 3.16. The van der Waals surface area contributed by atoms with Gasteiger partial charge in [-0.15, -0.1) is 0 Å². The summed E-state index contributed by atoms with van der Waals surface area (Å²) in [4.78, 5) is 0. The van der Waals surface area contributed by atoms with Crippen molar-refractivity contribution in [3.05, 3.63) is 59.2 Å². The van der Waals surface area contributed by atoms with Crippen LogP contribution in [0.4, 0.5) is 5.69 Å². The number of benzene rings is 2. The number of phenolic OH excluding ortho intramolecular Hbond substituents is 1. The van der Waals surface area contributed by atoms with Crippen LogP contribution in [0.15, 0.2) is 42.5 Å². The summed E-state index contributed by atoms with van der Waals surface area (Å²) in [6, 6.07) is 14.6. The Labute approximate surface area is 114 Å². The average Bonchev–Trinajstić information content (AvgIpc) is 2.42. The number of nitrogens with one attached hydrogen (secondary N) is 1. The van der Waals surface area contributed by atoms with Crippen molar-refractivity contribution in [1.29, 1.82) is 0 Å². The van der Waals surface area contributed by atoms with E-state index in [1.807, 2.05) is 13.0 Å². The average molecular weight is 253 g/mol. The summed E-state index contributed by atoms with van der Waals surface area (Å²) in [5.74, 6) is 0.326. The molecule has 2 nitrogen and oxygen atoms in total. The molecule has 0 saturated carbocycles. The molecule has 1 unspecified atom stereocenters. The Hall–Kier alpha value is -1.96. The summed E-state index contributed by atoms with van der Waals surface area (Å²) in [6.07, 6.45) is 3.58. The second-order valence-corrected chi connectivity index (χ2v) is 5.29. The monoisotopic (exact) mass is 253 g/mol. The second-order valence-electron chi connectivity index (χ2n) is 5.29. The van der Waals surface area contributed by atoms with Gasteiger partial charge in [-0.25, -0.2) is 0 Å². The van der Waals surface area contributed by atoms with Crippen molar-refractivity contribution in [2.24, 2.45) is 0 Å². The first-order valence-electron chi connectivity index (χ1n) is 6.88. The third-order valence-electron chi connectivity index (χ3n) is 3.91. The van der Waals surface area contributed by atoms with Gasteiger partial charge in [0.25, 0.3) is 0 Å². The largest absolute Gasteiger partial charge is 0.508 e. The zero-order valence-corrected chi connectivity index (χ0v) is 11.2. The molecule has 19 heavy (non-hydrogen) atoms. The lowest BCUT2D eigenvalue weighted by atomic mass is 9.87. The van der Waals surface area contributed by atoms with Crippen molar-refractivity contribution in [2.75, 3.05) is 5.32 Å². The summed E-state index contributed by atoms with van der Waals surface area (Å²) in [5.41, 5.74) is 5.08. The van der Waals surface area contributed by atoms with Crippen molar-refractivity contribution < 1.29 is 5.11 Å². The van der Waals surface area contributed by atoms with Gasteiger partial charge in [-0.2, -0.15) is 0 Å². The van der Waals surface area contributed by atoms with Crippen LogP contribution in [0.25, 0.3) is 0 Å². The van der Waals surface area contributed by atoms with E-state index in [1.54, 1.807) is 12.1 Å². The van der Waals surface area contributed by atoms with Crippen LogP contribution in [0.3, 0.4) is 0 Å². The maximum absolute atomic E-state index is 9.47. The van der Waals surface area contributed by atoms with E-state index in [4.69, 9.17) is 0 Å². The van der Waals surface area contributed by atoms with Crippen molar-refractivity contribution in [3.8, 4) is 5.75 Å². The molecule has 1 atom stereocenters. The molecule has 0 heterocycles. The predicted octanol–water partition coefficient (Wildman–Crippen LogP) is 4.19. The highest BCUT2D eigenvalue weighted by Gasteiger charge is 2.19. The van der Waals surface area contributed by atoms with Gasteiger partial charge >= 0.3 is 0 Å². The smallest absolute Gasteiger partial charge is 0.115 e. The zero-order valence-electron chi connectivity index (χ0n) is 11.2. The first-order chi connectivity index (χ1) is 9.24. The highest BCUT2D eigenvalue weighted by molar-refractivity contribution is 5.55. The maximum Gasteiger partial charge on any atom is 0.115 e. The lowest BCUT2D eigenvalue weighted by molar-refractivity contribution is 0.475. The molecule has 3 rings (SSSR count). The van der Waals surface area contributed by atoms with Gasteiger partial charge in [0.1, 0.15) is 5.75 Å². The molecule has 2 aromatic rings. The van der Waals surface area contributed by atoms with Gasteiger partial charge < -0.3 is 10.4 Å². The highest BCUT2D eigenvalue weighted by Crippen LogP contribution is 2.33. The summed E-state index contributed by atoms with van der Waals surface area (Å²) in [7, 11) is 0. The standard InChI is InChI=1S/C17H19NO/c1-12-11-14(19)9-10-16(12)18-17-8-4-6-13-5-2-3-7-15(13)17/h2-3,5,7,9-11,17-19H,4,6,8H2,1H3. The molecule has 1 aliphatic carbocycles.